The molecule has 0 bridgehead atoms. The normalized spacial score (nSPS) is 20.6. The second-order valence-electron chi connectivity index (χ2n) is 8.52. The number of fused-ring (bicyclic) bond motifs is 1. The first-order valence-corrected chi connectivity index (χ1v) is 11.9. The summed E-state index contributed by atoms with van der Waals surface area (Å²) in [5.74, 6) is -1.49. The molecule has 0 radical (unpaired) electrons. The molecule has 1 fully saturated rings. The molecule has 2 aliphatic rings. The van der Waals surface area contributed by atoms with Gasteiger partial charge >= 0.3 is 0 Å². The average molecular weight is 388 g/mol. The molecule has 0 aromatic heterocycles. The van der Waals surface area contributed by atoms with Crippen LogP contribution in [0.2, 0.25) is 18.1 Å². The zero-order valence-electron chi connectivity index (χ0n) is 16.2. The second-order valence-corrected chi connectivity index (χ2v) is 13.2. The van der Waals surface area contributed by atoms with E-state index in [-0.39, 0.29) is 29.0 Å². The number of hydrogen-bond donors (Lipinski definition) is 1. The van der Waals surface area contributed by atoms with Crippen LogP contribution in [-0.2, 0) is 9.59 Å². The third-order valence-corrected chi connectivity index (χ3v) is 9.95. The van der Waals surface area contributed by atoms with Crippen molar-refractivity contribution >= 4 is 31.9 Å². The van der Waals surface area contributed by atoms with Crippen molar-refractivity contribution in [2.75, 3.05) is 0 Å². The van der Waals surface area contributed by atoms with Gasteiger partial charge in [-0.15, -0.1) is 0 Å². The lowest BCUT2D eigenvalue weighted by molar-refractivity contribution is -0.136. The second kappa shape index (κ2) is 6.30. The smallest absolute Gasteiger partial charge is 0.262 e. The summed E-state index contributed by atoms with van der Waals surface area (Å²) < 4.78 is 6.22. The molecule has 1 aromatic carbocycles. The van der Waals surface area contributed by atoms with Gasteiger partial charge in [0, 0.05) is 6.42 Å². The first-order valence-electron chi connectivity index (χ1n) is 8.97. The number of rotatable bonds is 3. The lowest BCUT2D eigenvalue weighted by Crippen LogP contribution is -2.54. The minimum Gasteiger partial charge on any atom is -0.543 e. The Morgan fingerprint density at radius 3 is 2.30 bits per heavy atom. The van der Waals surface area contributed by atoms with Crippen molar-refractivity contribution in [1.82, 2.24) is 10.2 Å². The summed E-state index contributed by atoms with van der Waals surface area (Å²) in [4.78, 5) is 49.9. The van der Waals surface area contributed by atoms with Gasteiger partial charge in [0.15, 0.2) is 0 Å². The molecule has 1 unspecified atom stereocenters. The van der Waals surface area contributed by atoms with E-state index in [1.165, 1.54) is 0 Å². The van der Waals surface area contributed by atoms with Crippen LogP contribution in [0, 0.1) is 0 Å². The Bertz CT molecular complexity index is 856. The van der Waals surface area contributed by atoms with Gasteiger partial charge in [-0.25, -0.2) is 0 Å². The molecule has 0 saturated carbocycles. The monoisotopic (exact) mass is 388 g/mol. The number of amides is 4. The van der Waals surface area contributed by atoms with Crippen molar-refractivity contribution in [3.05, 3.63) is 29.3 Å². The molecule has 1 atom stereocenters. The number of nitrogens with zero attached hydrogens (tertiary/aromatic N) is 1. The van der Waals surface area contributed by atoms with Crippen molar-refractivity contribution in [3.8, 4) is 5.75 Å². The van der Waals surface area contributed by atoms with E-state index >= 15 is 0 Å². The molecular weight excluding hydrogens is 364 g/mol. The number of benzene rings is 1. The highest BCUT2D eigenvalue weighted by Crippen LogP contribution is 2.38. The highest BCUT2D eigenvalue weighted by molar-refractivity contribution is 6.74. The molecule has 1 N–H and O–H groups in total. The molecule has 3 rings (SSSR count). The third-order valence-electron chi connectivity index (χ3n) is 5.59. The maximum atomic E-state index is 12.8. The lowest BCUT2D eigenvalue weighted by Gasteiger charge is -2.36. The van der Waals surface area contributed by atoms with E-state index in [2.05, 4.69) is 39.2 Å². The van der Waals surface area contributed by atoms with Gasteiger partial charge in [0.05, 0.1) is 11.1 Å². The Morgan fingerprint density at radius 2 is 1.70 bits per heavy atom. The van der Waals surface area contributed by atoms with E-state index in [0.29, 0.717) is 5.75 Å². The molecule has 8 heteroatoms. The fraction of sp³-hybridized carbons (Fsp3) is 0.474. The minimum absolute atomic E-state index is 0.00932. The zero-order valence-corrected chi connectivity index (χ0v) is 17.2. The van der Waals surface area contributed by atoms with Gasteiger partial charge in [-0.05, 0) is 42.8 Å². The number of carbonyl (C=O) groups excluding carboxylic acids is 4. The average Bonchev–Trinajstić information content (AvgIpc) is 2.78. The molecule has 27 heavy (non-hydrogen) atoms. The minimum atomic E-state index is -2.10. The van der Waals surface area contributed by atoms with Gasteiger partial charge in [0.1, 0.15) is 11.8 Å². The quantitative estimate of drug-likeness (QED) is 0.634. The van der Waals surface area contributed by atoms with Crippen molar-refractivity contribution < 1.29 is 23.6 Å². The van der Waals surface area contributed by atoms with Crippen molar-refractivity contribution in [1.29, 1.82) is 0 Å². The van der Waals surface area contributed by atoms with E-state index in [9.17, 15) is 19.2 Å². The molecule has 1 aromatic rings. The molecule has 1 saturated heterocycles. The third kappa shape index (κ3) is 3.29. The summed E-state index contributed by atoms with van der Waals surface area (Å²) in [7, 11) is -2.10. The zero-order chi connectivity index (χ0) is 20.1. The molecule has 2 heterocycles. The van der Waals surface area contributed by atoms with Gasteiger partial charge in [-0.1, -0.05) is 20.8 Å². The van der Waals surface area contributed by atoms with Crippen LogP contribution < -0.4 is 9.74 Å². The first-order chi connectivity index (χ1) is 12.4. The van der Waals surface area contributed by atoms with Crippen molar-refractivity contribution in [2.24, 2.45) is 0 Å². The Balaban J connectivity index is 1.89. The molecule has 4 amide bonds. The summed E-state index contributed by atoms with van der Waals surface area (Å²) in [5.41, 5.74) is 0.494. The fourth-order valence-electron chi connectivity index (χ4n) is 2.96. The van der Waals surface area contributed by atoms with Crippen molar-refractivity contribution in [3.63, 3.8) is 0 Å². The van der Waals surface area contributed by atoms with Gasteiger partial charge in [0.2, 0.25) is 20.1 Å². The number of carbonyl (C=O) groups is 4. The van der Waals surface area contributed by atoms with E-state index < -0.39 is 38.0 Å². The number of imide groups is 2. The largest absolute Gasteiger partial charge is 0.543 e. The van der Waals surface area contributed by atoms with Crippen LogP contribution in [0.3, 0.4) is 0 Å². The summed E-state index contributed by atoms with van der Waals surface area (Å²) in [6, 6.07) is 3.89. The number of piperidine rings is 1. The summed E-state index contributed by atoms with van der Waals surface area (Å²) in [5, 5.41) is 2.18. The molecule has 7 nitrogen and oxygen atoms in total. The molecular formula is C19H24N2O5Si. The Labute approximate surface area is 159 Å². The fourth-order valence-corrected chi connectivity index (χ4v) is 3.98. The predicted octanol–water partition coefficient (Wildman–Crippen LogP) is 2.47. The predicted molar refractivity (Wildman–Crippen MR) is 101 cm³/mol. The van der Waals surface area contributed by atoms with E-state index in [4.69, 9.17) is 4.43 Å². The summed E-state index contributed by atoms with van der Waals surface area (Å²) >= 11 is 0. The molecule has 2 aliphatic heterocycles. The SMILES string of the molecule is CC(C)(C)[Si](C)(C)Oc1ccc2c(c1)C(=O)N(C1CCC(=O)NC1=O)C2=O. The van der Waals surface area contributed by atoms with Gasteiger partial charge in [-0.3, -0.25) is 29.4 Å². The van der Waals surface area contributed by atoms with Gasteiger partial charge < -0.3 is 4.43 Å². The van der Waals surface area contributed by atoms with Crippen molar-refractivity contribution in [2.45, 2.75) is 57.8 Å². The molecule has 0 spiro atoms. The van der Waals surface area contributed by atoms with Crippen LogP contribution in [0.15, 0.2) is 18.2 Å². The lowest BCUT2D eigenvalue weighted by atomic mass is 10.0. The van der Waals surface area contributed by atoms with Crippen LogP contribution in [-0.4, -0.2) is 42.9 Å². The maximum Gasteiger partial charge on any atom is 0.262 e. The summed E-state index contributed by atoms with van der Waals surface area (Å²) in [6.45, 7) is 10.6. The van der Waals surface area contributed by atoms with E-state index in [0.717, 1.165) is 4.90 Å². The van der Waals surface area contributed by atoms with Gasteiger partial charge in [-0.2, -0.15) is 0 Å². The van der Waals surface area contributed by atoms with Crippen LogP contribution in [0.5, 0.6) is 5.75 Å². The Morgan fingerprint density at radius 1 is 1.07 bits per heavy atom. The molecule has 0 aliphatic carbocycles. The Kier molecular flexibility index (Phi) is 4.50. The highest BCUT2D eigenvalue weighted by atomic mass is 28.4. The molecule has 144 valence electrons. The van der Waals surface area contributed by atoms with E-state index in [1.807, 2.05) is 0 Å². The van der Waals surface area contributed by atoms with Crippen LogP contribution in [0.1, 0.15) is 54.3 Å². The van der Waals surface area contributed by atoms with Crippen LogP contribution in [0.4, 0.5) is 0 Å². The van der Waals surface area contributed by atoms with E-state index in [1.54, 1.807) is 18.2 Å². The first kappa shape index (κ1) is 19.3. The number of nitrogens with one attached hydrogen (secondary N) is 1. The number of hydrogen-bond acceptors (Lipinski definition) is 5. The standard InChI is InChI=1S/C19H24N2O5Si/c1-19(2,3)27(4,5)26-11-6-7-12-13(10-11)18(25)21(17(12)24)14-8-9-15(22)20-16(14)23/h6-7,10,14H,8-9H2,1-5H3,(H,20,22,23). The van der Waals surface area contributed by atoms with Gasteiger partial charge in [0.25, 0.3) is 11.8 Å². The van der Waals surface area contributed by atoms with Crippen LogP contribution >= 0.6 is 0 Å². The van der Waals surface area contributed by atoms with Crippen LogP contribution in [0.25, 0.3) is 0 Å². The topological polar surface area (TPSA) is 92.8 Å². The highest BCUT2D eigenvalue weighted by Gasteiger charge is 2.45. The Hall–Kier alpha value is -2.48. The summed E-state index contributed by atoms with van der Waals surface area (Å²) in [6.07, 6.45) is 0.243. The maximum absolute atomic E-state index is 12.8.